The predicted octanol–water partition coefficient (Wildman–Crippen LogP) is 4.66. The summed E-state index contributed by atoms with van der Waals surface area (Å²) >= 11 is 1.68. The third kappa shape index (κ3) is 4.88. The van der Waals surface area contributed by atoms with Gasteiger partial charge >= 0.3 is 0 Å². The molecule has 1 unspecified atom stereocenters. The summed E-state index contributed by atoms with van der Waals surface area (Å²) in [6.07, 6.45) is 5.06. The molecule has 186 valence electrons. The van der Waals surface area contributed by atoms with Gasteiger partial charge in [-0.2, -0.15) is 0 Å². The Hall–Kier alpha value is -2.67. The van der Waals surface area contributed by atoms with Gasteiger partial charge in [-0.25, -0.2) is 4.98 Å². The number of aryl methyl sites for hydroxylation is 3. The average molecular weight is 493 g/mol. The maximum absolute atomic E-state index is 13.4. The number of hydrogen-bond acceptors (Lipinski definition) is 5. The van der Waals surface area contributed by atoms with Crippen LogP contribution in [0.2, 0.25) is 0 Å². The number of thiophene rings is 1. The molecule has 0 bridgehead atoms. The van der Waals surface area contributed by atoms with Crippen LogP contribution < -0.4 is 10.5 Å². The quantitative estimate of drug-likeness (QED) is 0.532. The molecule has 1 aromatic carbocycles. The third-order valence-electron chi connectivity index (χ3n) is 7.83. The fourth-order valence-electron chi connectivity index (χ4n) is 5.51. The van der Waals surface area contributed by atoms with Crippen molar-refractivity contribution < 1.29 is 4.79 Å². The first-order valence-corrected chi connectivity index (χ1v) is 13.6. The standard InChI is InChI=1S/C28H36N4O2S/c1-19-6-5-7-21(16-19)30-12-14-31(15-13-30)24(33)10-11-32-18-29-26-25(27(32)34)22-9-8-20(28(2,3)4)17-23(22)35-26/h5-7,16,18,20H,8-15,17H2,1-4H3. The molecule has 1 saturated heterocycles. The first-order chi connectivity index (χ1) is 16.7. The van der Waals surface area contributed by atoms with Crippen LogP contribution in [-0.4, -0.2) is 46.5 Å². The Balaban J connectivity index is 1.23. The molecule has 1 aliphatic carbocycles. The van der Waals surface area contributed by atoms with Crippen molar-refractivity contribution in [2.45, 2.75) is 59.9 Å². The molecule has 1 amide bonds. The monoisotopic (exact) mass is 492 g/mol. The van der Waals surface area contributed by atoms with Crippen molar-refractivity contribution in [2.75, 3.05) is 31.1 Å². The topological polar surface area (TPSA) is 58.4 Å². The molecule has 1 fully saturated rings. The van der Waals surface area contributed by atoms with Crippen molar-refractivity contribution in [3.8, 4) is 0 Å². The van der Waals surface area contributed by atoms with E-state index in [1.807, 2.05) is 4.90 Å². The smallest absolute Gasteiger partial charge is 0.262 e. The lowest BCUT2D eigenvalue weighted by Gasteiger charge is -2.36. The Morgan fingerprint density at radius 2 is 1.94 bits per heavy atom. The average Bonchev–Trinajstić information content (AvgIpc) is 3.21. The molecule has 6 nitrogen and oxygen atoms in total. The van der Waals surface area contributed by atoms with Crippen molar-refractivity contribution in [1.29, 1.82) is 0 Å². The van der Waals surface area contributed by atoms with Crippen LogP contribution in [0.3, 0.4) is 0 Å². The van der Waals surface area contributed by atoms with E-state index in [4.69, 9.17) is 0 Å². The van der Waals surface area contributed by atoms with E-state index >= 15 is 0 Å². The van der Waals surface area contributed by atoms with Gasteiger partial charge in [0.2, 0.25) is 5.91 Å². The van der Waals surface area contributed by atoms with Crippen LogP contribution in [0.25, 0.3) is 10.2 Å². The van der Waals surface area contributed by atoms with E-state index < -0.39 is 0 Å². The minimum atomic E-state index is 0.0128. The zero-order valence-electron chi connectivity index (χ0n) is 21.3. The molecule has 3 heterocycles. The molecule has 2 aromatic heterocycles. The zero-order chi connectivity index (χ0) is 24.7. The Morgan fingerprint density at radius 3 is 2.66 bits per heavy atom. The molecular formula is C28H36N4O2S. The fourth-order valence-corrected chi connectivity index (χ4v) is 6.77. The highest BCUT2D eigenvalue weighted by molar-refractivity contribution is 7.18. The molecule has 0 spiro atoms. The van der Waals surface area contributed by atoms with E-state index in [9.17, 15) is 9.59 Å². The Bertz CT molecular complexity index is 1290. The van der Waals surface area contributed by atoms with Crippen molar-refractivity contribution in [2.24, 2.45) is 11.3 Å². The summed E-state index contributed by atoms with van der Waals surface area (Å²) in [5, 5.41) is 0.791. The highest BCUT2D eigenvalue weighted by atomic mass is 32.1. The molecule has 35 heavy (non-hydrogen) atoms. The maximum atomic E-state index is 13.4. The second-order valence-electron chi connectivity index (χ2n) is 11.2. The minimum Gasteiger partial charge on any atom is -0.368 e. The van der Waals surface area contributed by atoms with Gasteiger partial charge in [0.05, 0.1) is 11.7 Å². The summed E-state index contributed by atoms with van der Waals surface area (Å²) < 4.78 is 1.64. The first-order valence-electron chi connectivity index (χ1n) is 12.8. The van der Waals surface area contributed by atoms with E-state index in [0.717, 1.165) is 42.6 Å². The lowest BCUT2D eigenvalue weighted by Crippen LogP contribution is -2.49. The number of nitrogens with zero attached hydrogens (tertiary/aromatic N) is 4. The third-order valence-corrected chi connectivity index (χ3v) is 8.99. The van der Waals surface area contributed by atoms with Gasteiger partial charge in [-0.1, -0.05) is 32.9 Å². The van der Waals surface area contributed by atoms with Crippen molar-refractivity contribution >= 4 is 33.1 Å². The number of carbonyl (C=O) groups is 1. The number of anilines is 1. The van der Waals surface area contributed by atoms with Crippen LogP contribution in [0, 0.1) is 18.3 Å². The van der Waals surface area contributed by atoms with Gasteiger partial charge in [-0.3, -0.25) is 14.2 Å². The molecule has 0 radical (unpaired) electrons. The molecule has 0 saturated carbocycles. The number of amides is 1. The molecule has 1 aliphatic heterocycles. The molecule has 1 atom stereocenters. The summed E-state index contributed by atoms with van der Waals surface area (Å²) in [5.74, 6) is 0.746. The van der Waals surface area contributed by atoms with Crippen LogP contribution >= 0.6 is 11.3 Å². The van der Waals surface area contributed by atoms with Gasteiger partial charge in [-0.15, -0.1) is 11.3 Å². The molecule has 0 N–H and O–H groups in total. The van der Waals surface area contributed by atoms with Crippen molar-refractivity contribution in [3.05, 3.63) is 57.0 Å². The van der Waals surface area contributed by atoms with Gasteiger partial charge in [0.1, 0.15) is 4.83 Å². The van der Waals surface area contributed by atoms with E-state index in [1.54, 1.807) is 22.2 Å². The van der Waals surface area contributed by atoms with Crippen molar-refractivity contribution in [3.63, 3.8) is 0 Å². The maximum Gasteiger partial charge on any atom is 0.262 e. The number of benzene rings is 1. The molecule has 3 aromatic rings. The Labute approximate surface area is 211 Å². The van der Waals surface area contributed by atoms with Crippen LogP contribution in [0.1, 0.15) is 49.6 Å². The van der Waals surface area contributed by atoms with Crippen LogP contribution in [0.5, 0.6) is 0 Å². The highest BCUT2D eigenvalue weighted by Gasteiger charge is 2.32. The SMILES string of the molecule is Cc1cccc(N2CCN(C(=O)CCn3cnc4sc5c(c4c3=O)CCC(C(C)(C)C)C5)CC2)c1. The Kier molecular flexibility index (Phi) is 6.47. The van der Waals surface area contributed by atoms with Gasteiger partial charge in [0.15, 0.2) is 0 Å². The molecular weight excluding hydrogens is 456 g/mol. The summed E-state index contributed by atoms with van der Waals surface area (Å²) in [6, 6.07) is 8.51. The normalized spacial score (nSPS) is 18.7. The van der Waals surface area contributed by atoms with Crippen LogP contribution in [0.4, 0.5) is 5.69 Å². The summed E-state index contributed by atoms with van der Waals surface area (Å²) in [5.41, 5.74) is 3.96. The number of rotatable bonds is 4. The first kappa shape index (κ1) is 24.0. The number of fused-ring (bicyclic) bond motifs is 3. The lowest BCUT2D eigenvalue weighted by atomic mass is 9.72. The van der Waals surface area contributed by atoms with Crippen LogP contribution in [0.15, 0.2) is 35.4 Å². The van der Waals surface area contributed by atoms with Gasteiger partial charge in [-0.05, 0) is 60.8 Å². The highest BCUT2D eigenvalue weighted by Crippen LogP contribution is 2.41. The van der Waals surface area contributed by atoms with Gasteiger partial charge in [0.25, 0.3) is 5.56 Å². The second-order valence-corrected chi connectivity index (χ2v) is 12.3. The van der Waals surface area contributed by atoms with E-state index in [0.29, 0.717) is 32.0 Å². The van der Waals surface area contributed by atoms with Gasteiger partial charge < -0.3 is 9.80 Å². The number of hydrogen-bond donors (Lipinski definition) is 0. The molecule has 7 heteroatoms. The summed E-state index contributed by atoms with van der Waals surface area (Å²) in [6.45, 7) is 12.5. The predicted molar refractivity (Wildman–Crippen MR) is 143 cm³/mol. The summed E-state index contributed by atoms with van der Waals surface area (Å²) in [7, 11) is 0. The summed E-state index contributed by atoms with van der Waals surface area (Å²) in [4.78, 5) is 37.4. The molecule has 2 aliphatic rings. The van der Waals surface area contributed by atoms with Crippen LogP contribution in [-0.2, 0) is 24.2 Å². The Morgan fingerprint density at radius 1 is 1.17 bits per heavy atom. The van der Waals surface area contributed by atoms with E-state index in [1.165, 1.54) is 21.7 Å². The van der Waals surface area contributed by atoms with E-state index in [2.05, 4.69) is 61.8 Å². The number of aromatic nitrogens is 2. The number of piperazine rings is 1. The second kappa shape index (κ2) is 9.41. The van der Waals surface area contributed by atoms with Gasteiger partial charge in [0, 0.05) is 49.7 Å². The zero-order valence-corrected chi connectivity index (χ0v) is 22.2. The lowest BCUT2D eigenvalue weighted by molar-refractivity contribution is -0.131. The molecule has 5 rings (SSSR count). The number of carbonyl (C=O) groups excluding carboxylic acids is 1. The minimum absolute atomic E-state index is 0.0128. The van der Waals surface area contributed by atoms with Crippen molar-refractivity contribution in [1.82, 2.24) is 14.5 Å². The fraction of sp³-hybridized carbons (Fsp3) is 0.536. The van der Waals surface area contributed by atoms with E-state index in [-0.39, 0.29) is 16.9 Å². The largest absolute Gasteiger partial charge is 0.368 e.